The normalized spacial score (nSPS) is 16.8. The summed E-state index contributed by atoms with van der Waals surface area (Å²) in [7, 11) is -0.891. The van der Waals surface area contributed by atoms with Crippen LogP contribution < -0.4 is 10.5 Å². The molecule has 1 rings (SSSR count). The van der Waals surface area contributed by atoms with Gasteiger partial charge in [0.05, 0.1) is 13.5 Å². The van der Waals surface area contributed by atoms with E-state index < -0.39 is 16.2 Å². The zero-order valence-electron chi connectivity index (χ0n) is 11.2. The highest BCUT2D eigenvalue weighted by Crippen LogP contribution is 2.31. The molecule has 1 aliphatic carbocycles. The van der Waals surface area contributed by atoms with E-state index in [1.54, 1.807) is 0 Å². The third-order valence-corrected chi connectivity index (χ3v) is 4.53. The molecule has 1 unspecified atom stereocenters. The third-order valence-electron chi connectivity index (χ3n) is 3.00. The van der Waals surface area contributed by atoms with Gasteiger partial charge in [0.15, 0.2) is 0 Å². The number of nitrogens with two attached hydrogens (primary N) is 1. The summed E-state index contributed by atoms with van der Waals surface area (Å²) in [5, 5.41) is 0. The van der Waals surface area contributed by atoms with Crippen LogP contribution in [0.1, 0.15) is 19.3 Å². The molecule has 0 aliphatic heterocycles. The monoisotopic (exact) mass is 315 g/mol. The Kier molecular flexibility index (Phi) is 7.83. The maximum atomic E-state index is 11.8. The molecule has 19 heavy (non-hydrogen) atoms. The molecule has 9 heteroatoms. The lowest BCUT2D eigenvalue weighted by molar-refractivity contribution is -0.140. The van der Waals surface area contributed by atoms with Crippen molar-refractivity contribution in [3.8, 4) is 0 Å². The van der Waals surface area contributed by atoms with E-state index in [4.69, 9.17) is 5.73 Å². The smallest absolute Gasteiger partial charge is 0.306 e. The molecule has 0 aromatic heterocycles. The summed E-state index contributed by atoms with van der Waals surface area (Å²) < 4.78 is 31.6. The fourth-order valence-corrected chi connectivity index (χ4v) is 2.43. The van der Waals surface area contributed by atoms with Crippen LogP contribution in [0, 0.1) is 5.92 Å². The number of nitrogens with zero attached hydrogens (tertiary/aromatic N) is 1. The fourth-order valence-electron chi connectivity index (χ4n) is 1.47. The highest BCUT2D eigenvalue weighted by Gasteiger charge is 2.29. The molecule has 1 saturated carbocycles. The van der Waals surface area contributed by atoms with Gasteiger partial charge in [-0.15, -0.1) is 12.4 Å². The van der Waals surface area contributed by atoms with E-state index in [2.05, 4.69) is 9.46 Å². The van der Waals surface area contributed by atoms with Gasteiger partial charge in [-0.3, -0.25) is 4.79 Å². The van der Waals surface area contributed by atoms with E-state index >= 15 is 0 Å². The molecular weight excluding hydrogens is 294 g/mol. The molecule has 1 aliphatic rings. The summed E-state index contributed by atoms with van der Waals surface area (Å²) in [5.74, 6) is -0.000179. The predicted octanol–water partition coefficient (Wildman–Crippen LogP) is -0.525. The van der Waals surface area contributed by atoms with Crippen LogP contribution >= 0.6 is 12.4 Å². The number of carbonyl (C=O) groups is 1. The molecule has 0 bridgehead atoms. The maximum Gasteiger partial charge on any atom is 0.306 e. The van der Waals surface area contributed by atoms with Crippen LogP contribution in [0.5, 0.6) is 0 Å². The second-order valence-corrected chi connectivity index (χ2v) is 6.36. The van der Waals surface area contributed by atoms with Gasteiger partial charge in [-0.25, -0.2) is 4.72 Å². The number of rotatable bonds is 8. The van der Waals surface area contributed by atoms with Gasteiger partial charge < -0.3 is 10.5 Å². The molecule has 0 amide bonds. The van der Waals surface area contributed by atoms with Crippen LogP contribution in [0.2, 0.25) is 0 Å². The van der Waals surface area contributed by atoms with Crippen molar-refractivity contribution < 1.29 is 17.9 Å². The summed E-state index contributed by atoms with van der Waals surface area (Å²) in [6.45, 7) is 0.316. The summed E-state index contributed by atoms with van der Waals surface area (Å²) in [6.07, 6.45) is 2.17. The van der Waals surface area contributed by atoms with Crippen molar-refractivity contribution in [3.63, 3.8) is 0 Å². The number of halogens is 1. The summed E-state index contributed by atoms with van der Waals surface area (Å²) >= 11 is 0. The Morgan fingerprint density at radius 2 is 2.11 bits per heavy atom. The lowest BCUT2D eigenvalue weighted by Crippen LogP contribution is -2.45. The van der Waals surface area contributed by atoms with Gasteiger partial charge in [0.1, 0.15) is 0 Å². The minimum Gasteiger partial charge on any atom is -0.469 e. The molecule has 0 radical (unpaired) electrons. The Morgan fingerprint density at radius 1 is 1.53 bits per heavy atom. The van der Waals surface area contributed by atoms with Gasteiger partial charge in [0.25, 0.3) is 10.2 Å². The third kappa shape index (κ3) is 6.53. The second-order valence-electron chi connectivity index (χ2n) is 4.50. The molecule has 7 nitrogen and oxygen atoms in total. The van der Waals surface area contributed by atoms with Gasteiger partial charge in [-0.05, 0) is 18.8 Å². The van der Waals surface area contributed by atoms with Crippen LogP contribution in [0.4, 0.5) is 0 Å². The molecule has 3 N–H and O–H groups in total. The van der Waals surface area contributed by atoms with E-state index in [0.29, 0.717) is 5.92 Å². The van der Waals surface area contributed by atoms with Crippen molar-refractivity contribution in [1.29, 1.82) is 0 Å². The quantitative estimate of drug-likeness (QED) is 0.587. The van der Waals surface area contributed by atoms with Gasteiger partial charge in [0.2, 0.25) is 0 Å². The lowest BCUT2D eigenvalue weighted by atomic mass is 10.2. The number of ether oxygens (including phenoxy) is 1. The highest BCUT2D eigenvalue weighted by atomic mass is 35.5. The maximum absolute atomic E-state index is 11.8. The predicted molar refractivity (Wildman–Crippen MR) is 74.1 cm³/mol. The van der Waals surface area contributed by atoms with Crippen LogP contribution in [0.15, 0.2) is 0 Å². The fraction of sp³-hybridized carbons (Fsp3) is 0.900. The first kappa shape index (κ1) is 18.6. The SMILES string of the molecule is COC(=O)CCN(C)S(=O)(=O)NCC(N)C1CC1.Cl. The molecule has 0 saturated heterocycles. The number of methoxy groups -OCH3 is 1. The van der Waals surface area contributed by atoms with Crippen LogP contribution in [-0.4, -0.2) is 52.0 Å². The number of carbonyl (C=O) groups excluding carboxylic acids is 1. The largest absolute Gasteiger partial charge is 0.469 e. The van der Waals surface area contributed by atoms with Crippen molar-refractivity contribution >= 4 is 28.6 Å². The summed E-state index contributed by atoms with van der Waals surface area (Å²) in [4.78, 5) is 10.9. The first-order valence-corrected chi connectivity index (χ1v) is 7.34. The van der Waals surface area contributed by atoms with Crippen molar-refractivity contribution in [1.82, 2.24) is 9.03 Å². The molecule has 1 atom stereocenters. The van der Waals surface area contributed by atoms with Crippen LogP contribution in [-0.2, 0) is 19.7 Å². The summed E-state index contributed by atoms with van der Waals surface area (Å²) in [6, 6.07) is -0.131. The number of esters is 1. The Balaban J connectivity index is 0.00000324. The van der Waals surface area contributed by atoms with Gasteiger partial charge in [-0.2, -0.15) is 12.7 Å². The second kappa shape index (κ2) is 8.01. The minimum atomic E-state index is -3.57. The number of nitrogens with one attached hydrogen (secondary N) is 1. The zero-order valence-corrected chi connectivity index (χ0v) is 12.8. The minimum absolute atomic E-state index is 0. The van der Waals surface area contributed by atoms with Crippen molar-refractivity contribution in [3.05, 3.63) is 0 Å². The Bertz CT molecular complexity index is 386. The lowest BCUT2D eigenvalue weighted by Gasteiger charge is -2.19. The van der Waals surface area contributed by atoms with E-state index in [1.807, 2.05) is 0 Å². The topological polar surface area (TPSA) is 102 Å². The van der Waals surface area contributed by atoms with E-state index in [1.165, 1.54) is 14.2 Å². The molecule has 114 valence electrons. The zero-order chi connectivity index (χ0) is 13.8. The average Bonchev–Trinajstić information content (AvgIpc) is 3.16. The van der Waals surface area contributed by atoms with Gasteiger partial charge >= 0.3 is 5.97 Å². The number of hydrogen-bond donors (Lipinski definition) is 2. The van der Waals surface area contributed by atoms with Crippen molar-refractivity contribution in [2.24, 2.45) is 11.7 Å². The molecule has 0 spiro atoms. The van der Waals surface area contributed by atoms with Crippen LogP contribution in [0.25, 0.3) is 0 Å². The van der Waals surface area contributed by atoms with Gasteiger partial charge in [0, 0.05) is 26.2 Å². The molecule has 0 heterocycles. The van der Waals surface area contributed by atoms with E-state index in [0.717, 1.165) is 17.1 Å². The highest BCUT2D eigenvalue weighted by molar-refractivity contribution is 7.87. The van der Waals surface area contributed by atoms with Crippen molar-refractivity contribution in [2.75, 3.05) is 27.2 Å². The molecule has 0 aromatic rings. The molecule has 0 aromatic carbocycles. The van der Waals surface area contributed by atoms with Gasteiger partial charge in [-0.1, -0.05) is 0 Å². The Labute approximate surface area is 120 Å². The summed E-state index contributed by atoms with van der Waals surface area (Å²) in [5.41, 5.74) is 5.81. The Hall–Kier alpha value is -0.410. The molecular formula is C10H22ClN3O4S. The standard InChI is InChI=1S/C10H21N3O4S.ClH/c1-13(6-5-10(14)17-2)18(15,16)12-7-9(11)8-3-4-8;/h8-9,12H,3-7,11H2,1-2H3;1H. The average molecular weight is 316 g/mol. The van der Waals surface area contributed by atoms with Crippen molar-refractivity contribution in [2.45, 2.75) is 25.3 Å². The first-order chi connectivity index (χ1) is 8.36. The first-order valence-electron chi connectivity index (χ1n) is 5.90. The number of hydrogen-bond acceptors (Lipinski definition) is 5. The van der Waals surface area contributed by atoms with Crippen LogP contribution in [0.3, 0.4) is 0 Å². The Morgan fingerprint density at radius 3 is 2.58 bits per heavy atom. The van der Waals surface area contributed by atoms with E-state index in [-0.39, 0.29) is 38.0 Å². The molecule has 1 fully saturated rings. The van der Waals surface area contributed by atoms with E-state index in [9.17, 15) is 13.2 Å².